The highest BCUT2D eigenvalue weighted by Crippen LogP contribution is 2.48. The highest BCUT2D eigenvalue weighted by molar-refractivity contribution is 7.54. The first-order chi connectivity index (χ1) is 15.9. The van der Waals surface area contributed by atoms with Crippen molar-refractivity contribution >= 4 is 30.5 Å². The maximum Gasteiger partial charge on any atom is 0.340 e. The molecule has 0 aliphatic carbocycles. The van der Waals surface area contributed by atoms with Crippen molar-refractivity contribution in [1.29, 1.82) is 0 Å². The van der Waals surface area contributed by atoms with E-state index >= 15 is 0 Å². The van der Waals surface area contributed by atoms with Crippen molar-refractivity contribution < 1.29 is 18.4 Å². The van der Waals surface area contributed by atoms with Gasteiger partial charge >= 0.3 is 7.60 Å². The fourth-order valence-electron chi connectivity index (χ4n) is 4.20. The van der Waals surface area contributed by atoms with Crippen LogP contribution >= 0.6 is 18.9 Å². The topological polar surface area (TPSA) is 72.0 Å². The van der Waals surface area contributed by atoms with Crippen molar-refractivity contribution in [2.75, 3.05) is 50.5 Å². The van der Waals surface area contributed by atoms with Gasteiger partial charge in [0.05, 0.1) is 23.9 Å². The molecule has 0 saturated carbocycles. The second-order valence-electron chi connectivity index (χ2n) is 8.05. The number of hydrogen-bond donors (Lipinski definition) is 0. The molecule has 0 spiro atoms. The van der Waals surface area contributed by atoms with Crippen LogP contribution in [0, 0.1) is 0 Å². The second kappa shape index (κ2) is 12.1. The number of carbonyl (C=O) groups is 1. The Labute approximate surface area is 201 Å². The van der Waals surface area contributed by atoms with Crippen LogP contribution < -0.4 is 4.90 Å². The molecule has 0 radical (unpaired) electrons. The number of nitrogens with zero attached hydrogens (tertiary/aromatic N) is 3. The molecule has 9 heteroatoms. The van der Waals surface area contributed by atoms with Gasteiger partial charge < -0.3 is 18.8 Å². The van der Waals surface area contributed by atoms with Crippen molar-refractivity contribution in [3.05, 3.63) is 34.7 Å². The summed E-state index contributed by atoms with van der Waals surface area (Å²) < 4.78 is 23.2. The summed E-state index contributed by atoms with van der Waals surface area (Å²) in [5.41, 5.74) is 3.37. The molecule has 1 fully saturated rings. The zero-order chi connectivity index (χ0) is 23.8. The Morgan fingerprint density at radius 2 is 1.70 bits per heavy atom. The smallest absolute Gasteiger partial charge is 0.340 e. The molecule has 0 atom stereocenters. The summed E-state index contributed by atoms with van der Waals surface area (Å²) in [5, 5.41) is 3.25. The number of likely N-dealkylation sites (tertiary alicyclic amines) is 1. The van der Waals surface area contributed by atoms with Gasteiger partial charge in [-0.2, -0.15) is 0 Å². The van der Waals surface area contributed by atoms with Gasteiger partial charge in [0.1, 0.15) is 6.16 Å². The number of hydrogen-bond acceptors (Lipinski definition) is 7. The van der Waals surface area contributed by atoms with Crippen molar-refractivity contribution in [2.45, 2.75) is 46.5 Å². The Morgan fingerprint density at radius 1 is 1.09 bits per heavy atom. The van der Waals surface area contributed by atoms with Crippen molar-refractivity contribution in [3.63, 3.8) is 0 Å². The van der Waals surface area contributed by atoms with Crippen molar-refractivity contribution in [1.82, 2.24) is 9.88 Å². The molecular formula is C24H36N3O4PS. The fraction of sp³-hybridized carbons (Fsp3) is 0.583. The van der Waals surface area contributed by atoms with Gasteiger partial charge in [0.25, 0.3) is 0 Å². The van der Waals surface area contributed by atoms with E-state index in [2.05, 4.69) is 48.4 Å². The van der Waals surface area contributed by atoms with E-state index in [0.29, 0.717) is 19.0 Å². The summed E-state index contributed by atoms with van der Waals surface area (Å²) in [6, 6.07) is 8.61. The first-order valence-corrected chi connectivity index (χ1v) is 14.5. The molecule has 1 amide bonds. The summed E-state index contributed by atoms with van der Waals surface area (Å²) >= 11 is 1.69. The molecule has 0 N–H and O–H groups in total. The van der Waals surface area contributed by atoms with E-state index in [-0.39, 0.29) is 25.3 Å². The van der Waals surface area contributed by atoms with Crippen LogP contribution in [0.5, 0.6) is 0 Å². The van der Waals surface area contributed by atoms with E-state index in [9.17, 15) is 9.36 Å². The first kappa shape index (κ1) is 25.9. The van der Waals surface area contributed by atoms with E-state index in [4.69, 9.17) is 14.0 Å². The van der Waals surface area contributed by atoms with Gasteiger partial charge in [-0.25, -0.2) is 4.98 Å². The lowest BCUT2D eigenvalue weighted by Gasteiger charge is -2.32. The summed E-state index contributed by atoms with van der Waals surface area (Å²) in [4.78, 5) is 21.7. The molecule has 2 heterocycles. The monoisotopic (exact) mass is 493 g/mol. The molecule has 33 heavy (non-hydrogen) atoms. The normalized spacial score (nSPS) is 15.1. The summed E-state index contributed by atoms with van der Waals surface area (Å²) in [5.74, 6) is 0.181. The largest absolute Gasteiger partial charge is 0.372 e. The Morgan fingerprint density at radius 3 is 2.24 bits per heavy atom. The predicted octanol–water partition coefficient (Wildman–Crippen LogP) is 5.63. The molecular weight excluding hydrogens is 457 g/mol. The number of aromatic nitrogens is 1. The maximum atomic E-state index is 12.7. The molecule has 1 saturated heterocycles. The molecule has 1 aromatic heterocycles. The van der Waals surface area contributed by atoms with Crippen LogP contribution in [-0.4, -0.2) is 61.3 Å². The predicted molar refractivity (Wildman–Crippen MR) is 135 cm³/mol. The molecule has 182 valence electrons. The number of benzene rings is 1. The fourth-order valence-corrected chi connectivity index (χ4v) is 6.78. The third-order valence-corrected chi connectivity index (χ3v) is 8.96. The van der Waals surface area contributed by atoms with E-state index in [1.54, 1.807) is 30.1 Å². The van der Waals surface area contributed by atoms with E-state index < -0.39 is 7.60 Å². The molecule has 1 aromatic carbocycles. The lowest BCUT2D eigenvalue weighted by Crippen LogP contribution is -2.39. The van der Waals surface area contributed by atoms with Gasteiger partial charge in [0.15, 0.2) is 0 Å². The van der Waals surface area contributed by atoms with Gasteiger partial charge in [-0.05, 0) is 52.7 Å². The van der Waals surface area contributed by atoms with E-state index in [1.807, 2.05) is 0 Å². The third kappa shape index (κ3) is 6.66. The van der Waals surface area contributed by atoms with Crippen LogP contribution in [0.1, 0.15) is 51.5 Å². The zero-order valence-corrected chi connectivity index (χ0v) is 21.9. The summed E-state index contributed by atoms with van der Waals surface area (Å²) in [6.07, 6.45) is 1.52. The van der Waals surface area contributed by atoms with Crippen LogP contribution in [0.3, 0.4) is 0 Å². The first-order valence-electron chi connectivity index (χ1n) is 11.9. The summed E-state index contributed by atoms with van der Waals surface area (Å²) in [7, 11) is -3.36. The molecule has 1 aliphatic heterocycles. The average molecular weight is 494 g/mol. The molecule has 1 aliphatic rings. The second-order valence-corrected chi connectivity index (χ2v) is 11.0. The Hall–Kier alpha value is -1.73. The lowest BCUT2D eigenvalue weighted by molar-refractivity contribution is -0.129. The minimum Gasteiger partial charge on any atom is -0.372 e. The minimum atomic E-state index is -3.36. The molecule has 2 aromatic rings. The molecule has 0 bridgehead atoms. The SMILES string of the molecule is CCOP(=O)(CC(=O)N1CCC(c2nc(-c3ccc(N(CC)CC)cc3)cs2)CC1)OCC. The number of amides is 1. The standard InChI is InChI=1S/C24H36N3O4PS/c1-5-26(6-2)21-11-9-19(10-12-21)22-18-33-24(25-22)20-13-15-27(16-14-20)23(28)17-32(29,30-7-3)31-8-4/h9-12,18,20H,5-8,13-17H2,1-4H3. The van der Waals surface area contributed by atoms with Crippen LogP contribution in [0.2, 0.25) is 0 Å². The van der Waals surface area contributed by atoms with E-state index in [0.717, 1.165) is 42.2 Å². The quantitative estimate of drug-likeness (QED) is 0.378. The zero-order valence-electron chi connectivity index (χ0n) is 20.2. The van der Waals surface area contributed by atoms with Crippen LogP contribution in [0.4, 0.5) is 5.69 Å². The Kier molecular flexibility index (Phi) is 9.50. The van der Waals surface area contributed by atoms with Gasteiger partial charge in [-0.15, -0.1) is 11.3 Å². The average Bonchev–Trinajstić information content (AvgIpc) is 3.31. The van der Waals surface area contributed by atoms with Crippen LogP contribution in [0.25, 0.3) is 11.3 Å². The number of carbonyl (C=O) groups excluding carboxylic acids is 1. The van der Waals surface area contributed by atoms with Crippen LogP contribution in [0.15, 0.2) is 29.6 Å². The minimum absolute atomic E-state index is 0.160. The number of thiazole rings is 1. The van der Waals surface area contributed by atoms with Crippen molar-refractivity contribution in [2.24, 2.45) is 0 Å². The lowest BCUT2D eigenvalue weighted by atomic mass is 9.97. The highest BCUT2D eigenvalue weighted by Gasteiger charge is 2.32. The van der Waals surface area contributed by atoms with Gasteiger partial charge in [0, 0.05) is 48.7 Å². The number of rotatable bonds is 11. The highest BCUT2D eigenvalue weighted by atomic mass is 32.1. The Bertz CT molecular complexity index is 927. The molecule has 7 nitrogen and oxygen atoms in total. The van der Waals surface area contributed by atoms with Crippen LogP contribution in [-0.2, 0) is 18.4 Å². The van der Waals surface area contributed by atoms with Crippen molar-refractivity contribution in [3.8, 4) is 11.3 Å². The van der Waals surface area contributed by atoms with Gasteiger partial charge in [-0.1, -0.05) is 12.1 Å². The number of anilines is 1. The van der Waals surface area contributed by atoms with E-state index in [1.165, 1.54) is 5.69 Å². The van der Waals surface area contributed by atoms with Gasteiger partial charge in [-0.3, -0.25) is 9.36 Å². The number of piperidine rings is 1. The Balaban J connectivity index is 1.57. The van der Waals surface area contributed by atoms with Gasteiger partial charge in [0.2, 0.25) is 5.91 Å². The third-order valence-electron chi connectivity index (χ3n) is 5.99. The summed E-state index contributed by atoms with van der Waals surface area (Å²) in [6.45, 7) is 11.6. The maximum absolute atomic E-state index is 12.7. The molecule has 3 rings (SSSR count). The molecule has 0 unspecified atom stereocenters.